The Labute approximate surface area is 123 Å². The Morgan fingerprint density at radius 3 is 2.62 bits per heavy atom. The van der Waals surface area contributed by atoms with Gasteiger partial charge in [-0.15, -0.1) is 0 Å². The van der Waals surface area contributed by atoms with E-state index in [2.05, 4.69) is 0 Å². The quantitative estimate of drug-likeness (QED) is 0.585. The first-order valence-electron chi connectivity index (χ1n) is 6.77. The van der Waals surface area contributed by atoms with E-state index >= 15 is 0 Å². The number of carbonyl (C=O) groups is 1. The molecule has 0 aliphatic rings. The Kier molecular flexibility index (Phi) is 5.95. The van der Waals surface area contributed by atoms with Gasteiger partial charge in [0.05, 0.1) is 17.4 Å². The summed E-state index contributed by atoms with van der Waals surface area (Å²) in [5.41, 5.74) is 0.250. The SMILES string of the molecule is CCN(CCC(=O)O)c1cccc(OC(C)C)c1[N+](=O)[O-]. The van der Waals surface area contributed by atoms with Gasteiger partial charge in [-0.05, 0) is 32.9 Å². The van der Waals surface area contributed by atoms with Crippen molar-refractivity contribution in [3.63, 3.8) is 0 Å². The molecule has 1 N–H and O–H groups in total. The number of nitrogens with zero attached hydrogens (tertiary/aromatic N) is 2. The maximum absolute atomic E-state index is 11.4. The van der Waals surface area contributed by atoms with Gasteiger partial charge in [-0.1, -0.05) is 6.07 Å². The van der Waals surface area contributed by atoms with Crippen LogP contribution in [0.2, 0.25) is 0 Å². The Morgan fingerprint density at radius 1 is 1.48 bits per heavy atom. The highest BCUT2D eigenvalue weighted by Gasteiger charge is 2.25. The van der Waals surface area contributed by atoms with Crippen molar-refractivity contribution in [2.24, 2.45) is 0 Å². The lowest BCUT2D eigenvalue weighted by Gasteiger charge is -2.23. The minimum Gasteiger partial charge on any atom is -0.484 e. The van der Waals surface area contributed by atoms with Crippen molar-refractivity contribution < 1.29 is 19.6 Å². The molecule has 0 amide bonds. The normalized spacial score (nSPS) is 10.5. The fraction of sp³-hybridized carbons (Fsp3) is 0.500. The van der Waals surface area contributed by atoms with Crippen LogP contribution in [0.5, 0.6) is 5.75 Å². The lowest BCUT2D eigenvalue weighted by atomic mass is 10.2. The third kappa shape index (κ3) is 4.62. The van der Waals surface area contributed by atoms with Crippen LogP contribution in [0, 0.1) is 10.1 Å². The van der Waals surface area contributed by atoms with Crippen LogP contribution in [0.3, 0.4) is 0 Å². The lowest BCUT2D eigenvalue weighted by molar-refractivity contribution is -0.385. The average Bonchev–Trinajstić information content (AvgIpc) is 2.38. The fourth-order valence-electron chi connectivity index (χ4n) is 1.98. The van der Waals surface area contributed by atoms with Crippen LogP contribution in [0.15, 0.2) is 18.2 Å². The molecule has 7 heteroatoms. The monoisotopic (exact) mass is 296 g/mol. The first kappa shape index (κ1) is 16.7. The number of hydrogen-bond donors (Lipinski definition) is 1. The smallest absolute Gasteiger partial charge is 0.333 e. The van der Waals surface area contributed by atoms with Gasteiger partial charge < -0.3 is 14.7 Å². The number of rotatable bonds is 8. The van der Waals surface area contributed by atoms with E-state index in [0.717, 1.165) is 0 Å². The second-order valence-electron chi connectivity index (χ2n) is 4.77. The van der Waals surface area contributed by atoms with Crippen molar-refractivity contribution in [3.05, 3.63) is 28.3 Å². The molecule has 0 saturated heterocycles. The first-order chi connectivity index (χ1) is 9.86. The van der Waals surface area contributed by atoms with Crippen molar-refractivity contribution in [2.45, 2.75) is 33.3 Å². The summed E-state index contributed by atoms with van der Waals surface area (Å²) in [6, 6.07) is 4.83. The number of nitro groups is 1. The van der Waals surface area contributed by atoms with E-state index in [1.807, 2.05) is 6.92 Å². The molecule has 0 radical (unpaired) electrons. The molecular formula is C14H20N2O5. The molecule has 0 atom stereocenters. The van der Waals surface area contributed by atoms with Gasteiger partial charge in [0.1, 0.15) is 5.69 Å². The predicted molar refractivity (Wildman–Crippen MR) is 79.0 cm³/mol. The Balaban J connectivity index is 3.19. The van der Waals surface area contributed by atoms with Gasteiger partial charge in [0.2, 0.25) is 0 Å². The van der Waals surface area contributed by atoms with E-state index < -0.39 is 10.9 Å². The third-order valence-corrected chi connectivity index (χ3v) is 2.84. The maximum Gasteiger partial charge on any atom is 0.333 e. The van der Waals surface area contributed by atoms with Gasteiger partial charge >= 0.3 is 11.7 Å². The summed E-state index contributed by atoms with van der Waals surface area (Å²) in [5.74, 6) is -0.744. The highest BCUT2D eigenvalue weighted by Crippen LogP contribution is 2.37. The summed E-state index contributed by atoms with van der Waals surface area (Å²) in [7, 11) is 0. The van der Waals surface area contributed by atoms with E-state index in [0.29, 0.717) is 12.2 Å². The van der Waals surface area contributed by atoms with Crippen molar-refractivity contribution in [1.29, 1.82) is 0 Å². The largest absolute Gasteiger partial charge is 0.484 e. The molecule has 7 nitrogen and oxygen atoms in total. The molecular weight excluding hydrogens is 276 g/mol. The molecule has 0 fully saturated rings. The summed E-state index contributed by atoms with van der Waals surface area (Å²) in [6.45, 7) is 6.08. The zero-order valence-electron chi connectivity index (χ0n) is 12.4. The molecule has 0 aliphatic heterocycles. The summed E-state index contributed by atoms with van der Waals surface area (Å²) in [5, 5.41) is 20.1. The highest BCUT2D eigenvalue weighted by atomic mass is 16.6. The second kappa shape index (κ2) is 7.47. The van der Waals surface area contributed by atoms with Gasteiger partial charge in [0.15, 0.2) is 5.75 Å². The molecule has 0 aliphatic carbocycles. The average molecular weight is 296 g/mol. The number of carboxylic acid groups (broad SMARTS) is 1. The van der Waals surface area contributed by atoms with E-state index in [9.17, 15) is 14.9 Å². The molecule has 21 heavy (non-hydrogen) atoms. The van der Waals surface area contributed by atoms with Gasteiger partial charge in [-0.25, -0.2) is 0 Å². The van der Waals surface area contributed by atoms with E-state index in [1.165, 1.54) is 0 Å². The van der Waals surface area contributed by atoms with Crippen LogP contribution in [-0.2, 0) is 4.79 Å². The number of hydrogen-bond acceptors (Lipinski definition) is 5. The van der Waals surface area contributed by atoms with Crippen molar-refractivity contribution in [3.8, 4) is 5.75 Å². The number of carboxylic acids is 1. The van der Waals surface area contributed by atoms with Gasteiger partial charge in [-0.3, -0.25) is 14.9 Å². The number of benzene rings is 1. The fourth-order valence-corrected chi connectivity index (χ4v) is 1.98. The second-order valence-corrected chi connectivity index (χ2v) is 4.77. The molecule has 1 aromatic carbocycles. The molecule has 1 aromatic rings. The number of nitro benzene ring substituents is 1. The Hall–Kier alpha value is -2.31. The van der Waals surface area contributed by atoms with Gasteiger partial charge in [0, 0.05) is 13.1 Å². The topological polar surface area (TPSA) is 92.9 Å². The first-order valence-corrected chi connectivity index (χ1v) is 6.77. The molecule has 0 bridgehead atoms. The van der Waals surface area contributed by atoms with Crippen LogP contribution in [0.25, 0.3) is 0 Å². The Bertz CT molecular complexity index is 516. The highest BCUT2D eigenvalue weighted by molar-refractivity contribution is 5.72. The number of ether oxygens (including phenoxy) is 1. The summed E-state index contributed by atoms with van der Waals surface area (Å²) < 4.78 is 5.48. The number of para-hydroxylation sites is 1. The maximum atomic E-state index is 11.4. The van der Waals surface area contributed by atoms with E-state index in [1.54, 1.807) is 36.9 Å². The molecule has 1 rings (SSSR count). The third-order valence-electron chi connectivity index (χ3n) is 2.84. The number of anilines is 1. The molecule has 0 aromatic heterocycles. The summed E-state index contributed by atoms with van der Waals surface area (Å²) in [6.07, 6.45) is -0.270. The van der Waals surface area contributed by atoms with Crippen LogP contribution in [-0.4, -0.2) is 35.2 Å². The van der Waals surface area contributed by atoms with Crippen molar-refractivity contribution in [1.82, 2.24) is 0 Å². The van der Waals surface area contributed by atoms with Crippen LogP contribution >= 0.6 is 0 Å². The standard InChI is InChI=1S/C14H20N2O5/c1-4-15(9-8-13(17)18)11-6-5-7-12(21-10(2)3)14(11)16(19)20/h5-7,10H,4,8-9H2,1-3H3,(H,17,18). The molecule has 0 spiro atoms. The van der Waals surface area contributed by atoms with Gasteiger partial charge in [0.25, 0.3) is 0 Å². The summed E-state index contributed by atoms with van der Waals surface area (Å²) >= 11 is 0. The predicted octanol–water partition coefficient (Wildman–Crippen LogP) is 2.68. The zero-order chi connectivity index (χ0) is 16.0. The summed E-state index contributed by atoms with van der Waals surface area (Å²) in [4.78, 5) is 23.2. The number of aliphatic carboxylic acids is 1. The van der Waals surface area contributed by atoms with E-state index in [-0.39, 0.29) is 30.5 Å². The van der Waals surface area contributed by atoms with Crippen molar-refractivity contribution in [2.75, 3.05) is 18.0 Å². The molecule has 116 valence electrons. The van der Waals surface area contributed by atoms with Crippen LogP contribution < -0.4 is 9.64 Å². The molecule has 0 saturated carbocycles. The minimum absolute atomic E-state index is 0.0831. The van der Waals surface area contributed by atoms with Crippen LogP contribution in [0.4, 0.5) is 11.4 Å². The molecule has 0 heterocycles. The van der Waals surface area contributed by atoms with Crippen molar-refractivity contribution >= 4 is 17.3 Å². The minimum atomic E-state index is -0.939. The van der Waals surface area contributed by atoms with E-state index in [4.69, 9.17) is 9.84 Å². The lowest BCUT2D eigenvalue weighted by Crippen LogP contribution is -2.26. The Morgan fingerprint density at radius 2 is 2.14 bits per heavy atom. The van der Waals surface area contributed by atoms with Crippen LogP contribution in [0.1, 0.15) is 27.2 Å². The molecule has 0 unspecified atom stereocenters. The van der Waals surface area contributed by atoms with Gasteiger partial charge in [-0.2, -0.15) is 0 Å². The zero-order valence-corrected chi connectivity index (χ0v) is 12.4.